The highest BCUT2D eigenvalue weighted by atomic mass is 28.2. The number of fused-ring (bicyclic) bond motifs is 3. The maximum atomic E-state index is 2.58. The maximum Gasteiger partial charge on any atom is 0.0327 e. The minimum Gasteiger partial charge on any atom is -0.0805 e. The Morgan fingerprint density at radius 1 is 0.774 bits per heavy atom. The molecular formula is C30H38Si. The van der Waals surface area contributed by atoms with Crippen LogP contribution in [0.4, 0.5) is 0 Å². The average Bonchev–Trinajstić information content (AvgIpc) is 3.43. The fourth-order valence-electron chi connectivity index (χ4n) is 6.16. The molecular weight excluding hydrogens is 388 g/mol. The van der Waals surface area contributed by atoms with Crippen molar-refractivity contribution < 1.29 is 0 Å². The molecule has 0 radical (unpaired) electrons. The number of hydrogen-bond donors (Lipinski definition) is 0. The van der Waals surface area contributed by atoms with Crippen LogP contribution < -0.4 is 0 Å². The van der Waals surface area contributed by atoms with Crippen molar-refractivity contribution in [2.75, 3.05) is 0 Å². The summed E-state index contributed by atoms with van der Waals surface area (Å²) in [5, 5.41) is 0. The molecule has 2 aromatic carbocycles. The van der Waals surface area contributed by atoms with Crippen molar-refractivity contribution in [3.8, 4) is 11.1 Å². The van der Waals surface area contributed by atoms with E-state index in [9.17, 15) is 0 Å². The van der Waals surface area contributed by atoms with Crippen LogP contribution in [0.25, 0.3) is 11.1 Å². The first-order valence-corrected chi connectivity index (χ1v) is 13.9. The fraction of sp³-hybridized carbons (Fsp3) is 0.467. The second kappa shape index (κ2) is 7.34. The molecule has 1 heterocycles. The van der Waals surface area contributed by atoms with Gasteiger partial charge >= 0.3 is 0 Å². The third-order valence-electron chi connectivity index (χ3n) is 8.06. The van der Waals surface area contributed by atoms with E-state index in [1.54, 1.807) is 16.7 Å². The van der Waals surface area contributed by atoms with E-state index in [0.717, 1.165) is 11.1 Å². The van der Waals surface area contributed by atoms with E-state index in [1.807, 2.05) is 0 Å². The van der Waals surface area contributed by atoms with Gasteiger partial charge in [0.15, 0.2) is 0 Å². The third-order valence-corrected chi connectivity index (χ3v) is 11.1. The van der Waals surface area contributed by atoms with Crippen molar-refractivity contribution in [3.63, 3.8) is 0 Å². The molecule has 0 N–H and O–H groups in total. The lowest BCUT2D eigenvalue weighted by Gasteiger charge is -2.26. The fourth-order valence-corrected chi connectivity index (χ4v) is 9.22. The summed E-state index contributed by atoms with van der Waals surface area (Å²) in [7, 11) is -0.168. The van der Waals surface area contributed by atoms with E-state index in [1.165, 1.54) is 41.5 Å². The first-order valence-electron chi connectivity index (χ1n) is 12.3. The predicted octanol–water partition coefficient (Wildman–Crippen LogP) is 7.82. The zero-order chi connectivity index (χ0) is 22.0. The topological polar surface area (TPSA) is 0 Å². The van der Waals surface area contributed by atoms with E-state index in [-0.39, 0.29) is 20.3 Å². The number of benzene rings is 2. The lowest BCUT2D eigenvalue weighted by atomic mass is 9.82. The zero-order valence-corrected chi connectivity index (χ0v) is 21.7. The van der Waals surface area contributed by atoms with Crippen LogP contribution >= 0.6 is 0 Å². The van der Waals surface area contributed by atoms with Crippen LogP contribution in [0.3, 0.4) is 0 Å². The lowest BCUT2D eigenvalue weighted by molar-refractivity contribution is 0.585. The molecule has 1 heteroatoms. The lowest BCUT2D eigenvalue weighted by Crippen LogP contribution is -2.15. The molecule has 0 nitrogen and oxygen atoms in total. The van der Waals surface area contributed by atoms with Gasteiger partial charge in [0.2, 0.25) is 0 Å². The summed E-state index contributed by atoms with van der Waals surface area (Å²) in [6, 6.07) is 14.8. The summed E-state index contributed by atoms with van der Waals surface area (Å²) >= 11 is 0. The van der Waals surface area contributed by atoms with E-state index in [0.29, 0.717) is 5.92 Å². The second-order valence-electron chi connectivity index (χ2n) is 12.2. The molecule has 2 unspecified atom stereocenters. The van der Waals surface area contributed by atoms with Crippen LogP contribution in [0.2, 0.25) is 11.1 Å². The molecule has 0 bridgehead atoms. The Balaban J connectivity index is 1.59. The smallest absolute Gasteiger partial charge is 0.0327 e. The quantitative estimate of drug-likeness (QED) is 0.429. The van der Waals surface area contributed by atoms with Gasteiger partial charge in [-0.1, -0.05) is 108 Å². The second-order valence-corrected chi connectivity index (χ2v) is 14.7. The monoisotopic (exact) mass is 426 g/mol. The van der Waals surface area contributed by atoms with Gasteiger partial charge in [-0.05, 0) is 68.1 Å². The summed E-state index contributed by atoms with van der Waals surface area (Å²) in [6.45, 7) is 14.1. The number of rotatable bonds is 2. The molecule has 0 amide bonds. The number of hydrogen-bond acceptors (Lipinski definition) is 0. The van der Waals surface area contributed by atoms with Gasteiger partial charge in [0.1, 0.15) is 0 Å². The summed E-state index contributed by atoms with van der Waals surface area (Å²) < 4.78 is 0. The van der Waals surface area contributed by atoms with Crippen molar-refractivity contribution in [1.29, 1.82) is 0 Å². The molecule has 0 saturated carbocycles. The third kappa shape index (κ3) is 3.69. The minimum absolute atomic E-state index is 0.168. The highest BCUT2D eigenvalue weighted by molar-refractivity contribution is 6.42. The van der Waals surface area contributed by atoms with Gasteiger partial charge in [0, 0.05) is 15.4 Å². The molecule has 3 aliphatic rings. The first-order chi connectivity index (χ1) is 14.6. The largest absolute Gasteiger partial charge is 0.0805 e. The summed E-state index contributed by atoms with van der Waals surface area (Å²) in [5.74, 6) is 0.612. The molecule has 2 atom stereocenters. The van der Waals surface area contributed by atoms with Crippen LogP contribution in [0.1, 0.15) is 89.0 Å². The maximum absolute atomic E-state index is 2.58. The van der Waals surface area contributed by atoms with Gasteiger partial charge in [-0.3, -0.25) is 0 Å². The average molecular weight is 427 g/mol. The molecule has 31 heavy (non-hydrogen) atoms. The Morgan fingerprint density at radius 2 is 1.35 bits per heavy atom. The van der Waals surface area contributed by atoms with E-state index >= 15 is 0 Å². The van der Waals surface area contributed by atoms with Gasteiger partial charge in [0.25, 0.3) is 0 Å². The Morgan fingerprint density at radius 3 is 1.84 bits per heavy atom. The highest BCUT2D eigenvalue weighted by Gasteiger charge is 2.40. The van der Waals surface area contributed by atoms with Crippen LogP contribution in [-0.4, -0.2) is 9.52 Å². The van der Waals surface area contributed by atoms with Crippen LogP contribution in [0.5, 0.6) is 0 Å². The van der Waals surface area contributed by atoms with E-state index in [4.69, 9.17) is 0 Å². The van der Waals surface area contributed by atoms with Crippen LogP contribution in [0, 0.1) is 0 Å². The SMILES string of the molecule is CC(C)(C)c1ccc2c(c1)C(C1CCC(C3=CC=CC3)[SiH2]1)c1cc(C(C)(C)C)ccc1-2. The van der Waals surface area contributed by atoms with Gasteiger partial charge in [-0.25, -0.2) is 0 Å². The van der Waals surface area contributed by atoms with Crippen molar-refractivity contribution >= 4 is 9.52 Å². The molecule has 0 aromatic heterocycles. The molecule has 2 aromatic rings. The molecule has 2 aliphatic carbocycles. The Bertz CT molecular complexity index is 1010. The normalized spacial score (nSPS) is 24.0. The van der Waals surface area contributed by atoms with Crippen molar-refractivity contribution in [2.24, 2.45) is 0 Å². The molecule has 1 aliphatic heterocycles. The molecule has 162 valence electrons. The molecule has 5 rings (SSSR count). The van der Waals surface area contributed by atoms with Crippen LogP contribution in [-0.2, 0) is 10.8 Å². The predicted molar refractivity (Wildman–Crippen MR) is 138 cm³/mol. The zero-order valence-electron chi connectivity index (χ0n) is 20.3. The first kappa shape index (κ1) is 21.0. The van der Waals surface area contributed by atoms with Gasteiger partial charge in [-0.2, -0.15) is 0 Å². The van der Waals surface area contributed by atoms with E-state index in [2.05, 4.69) is 96.2 Å². The van der Waals surface area contributed by atoms with Crippen molar-refractivity contribution in [3.05, 3.63) is 82.5 Å². The summed E-state index contributed by atoms with van der Waals surface area (Å²) in [5.41, 5.74) is 13.2. The molecule has 1 fully saturated rings. The van der Waals surface area contributed by atoms with Gasteiger partial charge < -0.3 is 0 Å². The summed E-state index contributed by atoms with van der Waals surface area (Å²) in [4.78, 5) is 0. The highest BCUT2D eigenvalue weighted by Crippen LogP contribution is 2.56. The Kier molecular flexibility index (Phi) is 4.97. The van der Waals surface area contributed by atoms with Crippen LogP contribution in [0.15, 0.2) is 60.2 Å². The standard InChI is InChI=1S/C30H38Si/c1-29(2,3)20-11-13-22-23-14-12-21(30(4,5)6)18-25(23)28(24(22)17-20)27-16-15-26(31-27)19-9-7-8-10-19/h7-9,11-14,17-18,26-28H,10,15-16,31H2,1-6H3. The van der Waals surface area contributed by atoms with Gasteiger partial charge in [-0.15, -0.1) is 0 Å². The van der Waals surface area contributed by atoms with Crippen molar-refractivity contribution in [1.82, 2.24) is 0 Å². The molecule has 1 saturated heterocycles. The molecule has 0 spiro atoms. The van der Waals surface area contributed by atoms with Crippen molar-refractivity contribution in [2.45, 2.75) is 88.6 Å². The Labute approximate surface area is 191 Å². The number of allylic oxidation sites excluding steroid dienone is 4. The Hall–Kier alpha value is -1.86. The summed E-state index contributed by atoms with van der Waals surface area (Å²) in [6.07, 6.45) is 11.1. The van der Waals surface area contributed by atoms with Gasteiger partial charge in [0.05, 0.1) is 0 Å². The minimum atomic E-state index is -0.168. The van der Waals surface area contributed by atoms with E-state index < -0.39 is 0 Å².